The van der Waals surface area contributed by atoms with Crippen LogP contribution in [0, 0.1) is 13.8 Å². The molecule has 0 fully saturated rings. The second kappa shape index (κ2) is 5.77. The van der Waals surface area contributed by atoms with Crippen LogP contribution in [0.1, 0.15) is 23.6 Å². The van der Waals surface area contributed by atoms with E-state index in [0.717, 1.165) is 17.5 Å². The maximum absolute atomic E-state index is 12.6. The monoisotopic (exact) mass is 304 g/mol. The van der Waals surface area contributed by atoms with E-state index in [-0.39, 0.29) is 4.90 Å². The van der Waals surface area contributed by atoms with E-state index in [2.05, 4.69) is 4.72 Å². The number of nitrogens with two attached hydrogens (primary N) is 1. The van der Waals surface area contributed by atoms with Gasteiger partial charge in [0.2, 0.25) is 0 Å². The molecule has 0 heterocycles. The molecule has 0 aliphatic rings. The molecule has 0 atom stereocenters. The van der Waals surface area contributed by atoms with E-state index in [1.54, 1.807) is 25.1 Å². The molecule has 0 amide bonds. The quantitative estimate of drug-likeness (QED) is 0.852. The van der Waals surface area contributed by atoms with E-state index in [1.165, 1.54) is 0 Å². The number of hydrogen-bond donors (Lipinski definition) is 2. The molecule has 3 N–H and O–H groups in total. The van der Waals surface area contributed by atoms with Crippen LogP contribution in [0.4, 0.5) is 11.4 Å². The number of rotatable bonds is 4. The smallest absolute Gasteiger partial charge is 0.262 e. The third-order valence-corrected chi connectivity index (χ3v) is 4.93. The molecule has 0 spiro atoms. The zero-order chi connectivity index (χ0) is 15.6. The summed E-state index contributed by atoms with van der Waals surface area (Å²) in [5, 5.41) is 0. The summed E-state index contributed by atoms with van der Waals surface area (Å²) in [7, 11) is -3.64. The van der Waals surface area contributed by atoms with Crippen molar-refractivity contribution >= 4 is 21.4 Å². The number of aryl methyl sites for hydroxylation is 2. The summed E-state index contributed by atoms with van der Waals surface area (Å²) < 4.78 is 27.7. The first-order valence-corrected chi connectivity index (χ1v) is 8.30. The summed E-state index contributed by atoms with van der Waals surface area (Å²) in [5.41, 5.74) is 9.38. The lowest BCUT2D eigenvalue weighted by molar-refractivity contribution is 0.600. The maximum Gasteiger partial charge on any atom is 0.262 e. The standard InChI is InChI=1S/C16H20N2O2S/c1-4-13-6-5-7-14(10-13)18-21(19,20)16-9-11(2)8-15(17)12(16)3/h5-10,18H,4,17H2,1-3H3. The van der Waals surface area contributed by atoms with Gasteiger partial charge in [-0.25, -0.2) is 8.42 Å². The molecule has 2 aromatic carbocycles. The molecule has 0 aliphatic carbocycles. The maximum atomic E-state index is 12.6. The van der Waals surface area contributed by atoms with Crippen molar-refractivity contribution in [1.82, 2.24) is 0 Å². The average molecular weight is 304 g/mol. The van der Waals surface area contributed by atoms with Gasteiger partial charge in [-0.15, -0.1) is 0 Å². The molecule has 0 saturated carbocycles. The largest absolute Gasteiger partial charge is 0.398 e. The Morgan fingerprint density at radius 1 is 1.14 bits per heavy atom. The van der Waals surface area contributed by atoms with E-state index >= 15 is 0 Å². The van der Waals surface area contributed by atoms with Gasteiger partial charge in [0.25, 0.3) is 10.0 Å². The average Bonchev–Trinajstić information content (AvgIpc) is 2.42. The number of hydrogen-bond acceptors (Lipinski definition) is 3. The van der Waals surface area contributed by atoms with Crippen LogP contribution >= 0.6 is 0 Å². The number of nitrogen functional groups attached to an aromatic ring is 1. The van der Waals surface area contributed by atoms with Gasteiger partial charge in [-0.3, -0.25) is 4.72 Å². The van der Waals surface area contributed by atoms with Crippen LogP contribution in [0.3, 0.4) is 0 Å². The van der Waals surface area contributed by atoms with Crippen molar-refractivity contribution in [2.45, 2.75) is 32.1 Å². The highest BCUT2D eigenvalue weighted by atomic mass is 32.2. The fourth-order valence-corrected chi connectivity index (χ4v) is 3.61. The van der Waals surface area contributed by atoms with Gasteiger partial charge in [-0.1, -0.05) is 19.1 Å². The fourth-order valence-electron chi connectivity index (χ4n) is 2.20. The van der Waals surface area contributed by atoms with E-state index in [1.807, 2.05) is 32.0 Å². The van der Waals surface area contributed by atoms with Gasteiger partial charge in [0.15, 0.2) is 0 Å². The summed E-state index contributed by atoms with van der Waals surface area (Å²) in [5.74, 6) is 0. The SMILES string of the molecule is CCc1cccc(NS(=O)(=O)c2cc(C)cc(N)c2C)c1. The van der Waals surface area contributed by atoms with Crippen LogP contribution in [0.25, 0.3) is 0 Å². The molecule has 5 heteroatoms. The number of nitrogens with one attached hydrogen (secondary N) is 1. The predicted molar refractivity (Wildman–Crippen MR) is 87.0 cm³/mol. The van der Waals surface area contributed by atoms with Crippen LogP contribution in [0.2, 0.25) is 0 Å². The van der Waals surface area contributed by atoms with Gasteiger partial charge < -0.3 is 5.73 Å². The molecule has 21 heavy (non-hydrogen) atoms. The molecule has 0 unspecified atom stereocenters. The molecule has 112 valence electrons. The van der Waals surface area contributed by atoms with Gasteiger partial charge in [0.05, 0.1) is 4.90 Å². The molecule has 0 aliphatic heterocycles. The first-order valence-electron chi connectivity index (χ1n) is 6.82. The Kier molecular flexibility index (Phi) is 4.23. The molecule has 0 bridgehead atoms. The second-order valence-electron chi connectivity index (χ2n) is 5.14. The topological polar surface area (TPSA) is 72.2 Å². The van der Waals surface area contributed by atoms with Gasteiger partial charge in [0.1, 0.15) is 0 Å². The van der Waals surface area contributed by atoms with Crippen LogP contribution in [-0.4, -0.2) is 8.42 Å². The summed E-state index contributed by atoms with van der Waals surface area (Å²) >= 11 is 0. The summed E-state index contributed by atoms with van der Waals surface area (Å²) in [6.07, 6.45) is 0.853. The van der Waals surface area contributed by atoms with Gasteiger partial charge >= 0.3 is 0 Å². The van der Waals surface area contributed by atoms with E-state index in [4.69, 9.17) is 5.73 Å². The minimum atomic E-state index is -3.64. The highest BCUT2D eigenvalue weighted by molar-refractivity contribution is 7.92. The molecular formula is C16H20N2O2S. The molecule has 4 nitrogen and oxygen atoms in total. The van der Waals surface area contributed by atoms with Crippen molar-refractivity contribution in [1.29, 1.82) is 0 Å². The van der Waals surface area contributed by atoms with Crippen LogP contribution in [-0.2, 0) is 16.4 Å². The van der Waals surface area contributed by atoms with Crippen molar-refractivity contribution in [2.24, 2.45) is 0 Å². The van der Waals surface area contributed by atoms with Crippen LogP contribution in [0.15, 0.2) is 41.3 Å². The molecule has 0 aromatic heterocycles. The number of benzene rings is 2. The normalized spacial score (nSPS) is 11.4. The first kappa shape index (κ1) is 15.4. The minimum Gasteiger partial charge on any atom is -0.398 e. The Labute approximate surface area is 126 Å². The number of sulfonamides is 1. The van der Waals surface area contributed by atoms with Crippen molar-refractivity contribution in [3.05, 3.63) is 53.1 Å². The van der Waals surface area contributed by atoms with Crippen LogP contribution < -0.4 is 10.5 Å². The molecule has 2 rings (SSSR count). The van der Waals surface area contributed by atoms with Gasteiger partial charge in [-0.05, 0) is 61.2 Å². The van der Waals surface area contributed by atoms with Gasteiger partial charge in [0, 0.05) is 11.4 Å². The fraction of sp³-hybridized carbons (Fsp3) is 0.250. The van der Waals surface area contributed by atoms with E-state index < -0.39 is 10.0 Å². The first-order chi connectivity index (χ1) is 9.83. The van der Waals surface area contributed by atoms with Crippen molar-refractivity contribution < 1.29 is 8.42 Å². The second-order valence-corrected chi connectivity index (χ2v) is 6.79. The third kappa shape index (κ3) is 3.36. The molecular weight excluding hydrogens is 284 g/mol. The Hall–Kier alpha value is -2.01. The molecule has 2 aromatic rings. The summed E-state index contributed by atoms with van der Waals surface area (Å²) in [4.78, 5) is 0.224. The lowest BCUT2D eigenvalue weighted by Crippen LogP contribution is -2.15. The van der Waals surface area contributed by atoms with Crippen LogP contribution in [0.5, 0.6) is 0 Å². The zero-order valence-corrected chi connectivity index (χ0v) is 13.3. The van der Waals surface area contributed by atoms with E-state index in [0.29, 0.717) is 16.9 Å². The Morgan fingerprint density at radius 3 is 2.52 bits per heavy atom. The Balaban J connectivity index is 2.43. The third-order valence-electron chi connectivity index (χ3n) is 3.42. The highest BCUT2D eigenvalue weighted by Gasteiger charge is 2.19. The number of anilines is 2. The molecule has 0 saturated heterocycles. The van der Waals surface area contributed by atoms with E-state index in [9.17, 15) is 8.42 Å². The predicted octanol–water partition coefficient (Wildman–Crippen LogP) is 3.25. The molecule has 0 radical (unpaired) electrons. The lowest BCUT2D eigenvalue weighted by atomic mass is 10.1. The Bertz CT molecular complexity index is 768. The highest BCUT2D eigenvalue weighted by Crippen LogP contribution is 2.25. The van der Waals surface area contributed by atoms with Crippen molar-refractivity contribution in [2.75, 3.05) is 10.5 Å². The van der Waals surface area contributed by atoms with Gasteiger partial charge in [-0.2, -0.15) is 0 Å². The van der Waals surface area contributed by atoms with Crippen molar-refractivity contribution in [3.63, 3.8) is 0 Å². The minimum absolute atomic E-state index is 0.224. The summed E-state index contributed by atoms with van der Waals surface area (Å²) in [6.45, 7) is 5.57. The Morgan fingerprint density at radius 2 is 1.86 bits per heavy atom. The lowest BCUT2D eigenvalue weighted by Gasteiger charge is -2.13. The van der Waals surface area contributed by atoms with Crippen molar-refractivity contribution in [3.8, 4) is 0 Å². The summed E-state index contributed by atoms with van der Waals surface area (Å²) in [6, 6.07) is 10.8. The zero-order valence-electron chi connectivity index (χ0n) is 12.5.